The summed E-state index contributed by atoms with van der Waals surface area (Å²) in [5.74, 6) is -0.505. The fraction of sp³-hybridized carbons (Fsp3) is 0.296. The van der Waals surface area contributed by atoms with Gasteiger partial charge in [-0.1, -0.05) is 30.2 Å². The molecule has 1 amide bonds. The van der Waals surface area contributed by atoms with Crippen LogP contribution in [0.1, 0.15) is 46.3 Å². The van der Waals surface area contributed by atoms with E-state index in [2.05, 4.69) is 10.0 Å². The maximum Gasteiger partial charge on any atom is 0.262 e. The molecule has 0 atom stereocenters. The van der Waals surface area contributed by atoms with Crippen LogP contribution in [-0.4, -0.2) is 40.1 Å². The van der Waals surface area contributed by atoms with Crippen molar-refractivity contribution in [3.05, 3.63) is 82.9 Å². The lowest BCUT2D eigenvalue weighted by atomic mass is 10.1. The standard InChI is InChI=1S/C27H31N3O5S2/c1-19-7-14-25(21(3)17-19)29-36(32,33)26-18-22(9-8-20(26)2)27(31)28-23-10-12-24(13-11-23)37(34,35)30-15-5-4-6-16-30/h7-14,17-18,29H,4-6,15-16H2,1-3H3,(H,28,31). The largest absolute Gasteiger partial charge is 0.322 e. The Morgan fingerprint density at radius 3 is 2.11 bits per heavy atom. The van der Waals surface area contributed by atoms with E-state index in [9.17, 15) is 21.6 Å². The van der Waals surface area contributed by atoms with Gasteiger partial charge in [0.25, 0.3) is 15.9 Å². The molecule has 10 heteroatoms. The number of rotatable bonds is 7. The fourth-order valence-electron chi connectivity index (χ4n) is 4.33. The van der Waals surface area contributed by atoms with E-state index in [1.54, 1.807) is 25.1 Å². The van der Waals surface area contributed by atoms with Crippen molar-refractivity contribution in [2.24, 2.45) is 0 Å². The molecule has 196 valence electrons. The molecule has 1 aliphatic rings. The molecular formula is C27H31N3O5S2. The molecule has 3 aromatic rings. The average Bonchev–Trinajstić information content (AvgIpc) is 2.86. The predicted molar refractivity (Wildman–Crippen MR) is 145 cm³/mol. The van der Waals surface area contributed by atoms with Crippen molar-refractivity contribution in [2.75, 3.05) is 23.1 Å². The zero-order valence-electron chi connectivity index (χ0n) is 21.1. The number of hydrogen-bond acceptors (Lipinski definition) is 5. The Labute approximate surface area is 218 Å². The minimum atomic E-state index is -3.94. The molecule has 0 radical (unpaired) electrons. The molecule has 2 N–H and O–H groups in total. The second kappa shape index (κ2) is 10.6. The Morgan fingerprint density at radius 2 is 1.46 bits per heavy atom. The molecule has 0 unspecified atom stereocenters. The summed E-state index contributed by atoms with van der Waals surface area (Å²) in [5.41, 5.74) is 3.35. The minimum Gasteiger partial charge on any atom is -0.322 e. The Balaban J connectivity index is 1.51. The summed E-state index contributed by atoms with van der Waals surface area (Å²) in [6.07, 6.45) is 2.73. The van der Waals surface area contributed by atoms with Gasteiger partial charge in [-0.15, -0.1) is 0 Å². The number of sulfonamides is 2. The van der Waals surface area contributed by atoms with Crippen molar-refractivity contribution in [2.45, 2.75) is 49.8 Å². The van der Waals surface area contributed by atoms with Crippen LogP contribution in [0.5, 0.6) is 0 Å². The van der Waals surface area contributed by atoms with Gasteiger partial charge in [0.2, 0.25) is 10.0 Å². The summed E-state index contributed by atoms with van der Waals surface area (Å²) in [6, 6.07) is 15.9. The molecule has 37 heavy (non-hydrogen) atoms. The average molecular weight is 542 g/mol. The van der Waals surface area contributed by atoms with Gasteiger partial charge in [-0.2, -0.15) is 4.31 Å². The second-order valence-electron chi connectivity index (χ2n) is 9.35. The summed E-state index contributed by atoms with van der Waals surface area (Å²) >= 11 is 0. The number of piperidine rings is 1. The van der Waals surface area contributed by atoms with Crippen LogP contribution in [0, 0.1) is 20.8 Å². The van der Waals surface area contributed by atoms with Crippen LogP contribution in [0.15, 0.2) is 70.5 Å². The molecule has 0 aliphatic carbocycles. The smallest absolute Gasteiger partial charge is 0.262 e. The first kappa shape index (κ1) is 26.8. The summed E-state index contributed by atoms with van der Waals surface area (Å²) in [4.78, 5) is 13.1. The molecule has 1 fully saturated rings. The first-order chi connectivity index (χ1) is 17.5. The van der Waals surface area contributed by atoms with E-state index < -0.39 is 26.0 Å². The molecular weight excluding hydrogens is 510 g/mol. The third kappa shape index (κ3) is 6.03. The number of anilines is 2. The number of benzene rings is 3. The monoisotopic (exact) mass is 541 g/mol. The van der Waals surface area contributed by atoms with Crippen LogP contribution < -0.4 is 10.0 Å². The van der Waals surface area contributed by atoms with Crippen molar-refractivity contribution >= 4 is 37.3 Å². The molecule has 4 rings (SSSR count). The highest BCUT2D eigenvalue weighted by atomic mass is 32.2. The van der Waals surface area contributed by atoms with Gasteiger partial charge >= 0.3 is 0 Å². The highest BCUT2D eigenvalue weighted by molar-refractivity contribution is 7.92. The zero-order chi connectivity index (χ0) is 26.8. The summed E-state index contributed by atoms with van der Waals surface area (Å²) in [5, 5.41) is 2.72. The van der Waals surface area contributed by atoms with Gasteiger partial charge in [-0.05, 0) is 87.2 Å². The van der Waals surface area contributed by atoms with Crippen molar-refractivity contribution in [1.82, 2.24) is 4.31 Å². The van der Waals surface area contributed by atoms with E-state index in [0.29, 0.717) is 30.0 Å². The molecule has 0 saturated carbocycles. The van der Waals surface area contributed by atoms with Crippen LogP contribution in [0.4, 0.5) is 11.4 Å². The molecule has 0 spiro atoms. The normalized spacial score (nSPS) is 14.8. The van der Waals surface area contributed by atoms with Gasteiger partial charge in [0.15, 0.2) is 0 Å². The van der Waals surface area contributed by atoms with E-state index in [0.717, 1.165) is 30.4 Å². The van der Waals surface area contributed by atoms with E-state index in [4.69, 9.17) is 0 Å². The van der Waals surface area contributed by atoms with E-state index >= 15 is 0 Å². The summed E-state index contributed by atoms with van der Waals surface area (Å²) in [6.45, 7) is 6.44. The number of amides is 1. The quantitative estimate of drug-likeness (QED) is 0.445. The SMILES string of the molecule is Cc1ccc(NS(=O)(=O)c2cc(C(=O)Nc3ccc(S(=O)(=O)N4CCCCC4)cc3)ccc2C)c(C)c1. The number of carbonyl (C=O) groups excluding carboxylic acids is 1. The fourth-order valence-corrected chi connectivity index (χ4v) is 7.25. The van der Waals surface area contributed by atoms with Crippen LogP contribution in [0.25, 0.3) is 0 Å². The number of aryl methyl sites for hydroxylation is 3. The van der Waals surface area contributed by atoms with Gasteiger partial charge in [-0.25, -0.2) is 16.8 Å². The molecule has 1 heterocycles. The third-order valence-electron chi connectivity index (χ3n) is 6.43. The lowest BCUT2D eigenvalue weighted by Crippen LogP contribution is -2.35. The molecule has 0 bridgehead atoms. The van der Waals surface area contributed by atoms with Gasteiger partial charge in [0.1, 0.15) is 0 Å². The lowest BCUT2D eigenvalue weighted by molar-refractivity contribution is 0.102. The summed E-state index contributed by atoms with van der Waals surface area (Å²) in [7, 11) is -7.51. The maximum atomic E-state index is 13.2. The topological polar surface area (TPSA) is 113 Å². The van der Waals surface area contributed by atoms with E-state index in [-0.39, 0.29) is 15.4 Å². The molecule has 8 nitrogen and oxygen atoms in total. The first-order valence-electron chi connectivity index (χ1n) is 12.1. The van der Waals surface area contributed by atoms with Crippen LogP contribution in [-0.2, 0) is 20.0 Å². The Hall–Kier alpha value is -3.21. The van der Waals surface area contributed by atoms with E-state index in [1.807, 2.05) is 26.0 Å². The molecule has 3 aromatic carbocycles. The predicted octanol–water partition coefficient (Wildman–Crippen LogP) is 4.84. The highest BCUT2D eigenvalue weighted by Gasteiger charge is 2.26. The van der Waals surface area contributed by atoms with Crippen LogP contribution >= 0.6 is 0 Å². The van der Waals surface area contributed by atoms with Gasteiger partial charge in [0, 0.05) is 24.3 Å². The van der Waals surface area contributed by atoms with Crippen LogP contribution in [0.3, 0.4) is 0 Å². The maximum absolute atomic E-state index is 13.2. The lowest BCUT2D eigenvalue weighted by Gasteiger charge is -2.25. The number of nitrogens with zero attached hydrogens (tertiary/aromatic N) is 1. The zero-order valence-corrected chi connectivity index (χ0v) is 22.7. The van der Waals surface area contributed by atoms with Crippen molar-refractivity contribution in [3.8, 4) is 0 Å². The Bertz CT molecular complexity index is 1530. The molecule has 0 aromatic heterocycles. The van der Waals surface area contributed by atoms with Gasteiger partial charge in [-0.3, -0.25) is 9.52 Å². The third-order valence-corrected chi connectivity index (χ3v) is 9.85. The Kier molecular flexibility index (Phi) is 7.72. The highest BCUT2D eigenvalue weighted by Crippen LogP contribution is 2.25. The number of hydrogen-bond donors (Lipinski definition) is 2. The first-order valence-corrected chi connectivity index (χ1v) is 15.0. The van der Waals surface area contributed by atoms with Crippen molar-refractivity contribution in [1.29, 1.82) is 0 Å². The minimum absolute atomic E-state index is 0.00287. The van der Waals surface area contributed by atoms with Gasteiger partial charge in [0.05, 0.1) is 15.5 Å². The van der Waals surface area contributed by atoms with Crippen LogP contribution in [0.2, 0.25) is 0 Å². The number of nitrogens with one attached hydrogen (secondary N) is 2. The van der Waals surface area contributed by atoms with Crippen molar-refractivity contribution in [3.63, 3.8) is 0 Å². The second-order valence-corrected chi connectivity index (χ2v) is 12.9. The van der Waals surface area contributed by atoms with E-state index in [1.165, 1.54) is 34.6 Å². The summed E-state index contributed by atoms with van der Waals surface area (Å²) < 4.78 is 56.1. The molecule has 1 saturated heterocycles. The Morgan fingerprint density at radius 1 is 0.784 bits per heavy atom. The molecule has 1 aliphatic heterocycles. The number of carbonyl (C=O) groups is 1. The van der Waals surface area contributed by atoms with Gasteiger partial charge < -0.3 is 5.32 Å². The van der Waals surface area contributed by atoms with Crippen molar-refractivity contribution < 1.29 is 21.6 Å².